The predicted molar refractivity (Wildman–Crippen MR) is 73.5 cm³/mol. The van der Waals surface area contributed by atoms with E-state index in [0.717, 1.165) is 36.0 Å². The highest BCUT2D eigenvalue weighted by Gasteiger charge is 2.20. The van der Waals surface area contributed by atoms with Crippen molar-refractivity contribution in [2.75, 3.05) is 33.2 Å². The van der Waals surface area contributed by atoms with E-state index < -0.39 is 0 Å². The molecule has 1 fully saturated rings. The second kappa shape index (κ2) is 6.31. The van der Waals surface area contributed by atoms with Crippen molar-refractivity contribution in [3.63, 3.8) is 0 Å². The van der Waals surface area contributed by atoms with Crippen LogP contribution >= 0.6 is 11.8 Å². The number of hydrogen-bond donors (Lipinski definition) is 1. The third kappa shape index (κ3) is 3.10. The molecule has 1 aliphatic rings. The molecule has 0 amide bonds. The Labute approximate surface area is 112 Å². The van der Waals surface area contributed by atoms with Crippen molar-refractivity contribution in [1.29, 1.82) is 0 Å². The summed E-state index contributed by atoms with van der Waals surface area (Å²) in [6.07, 6.45) is 0. The zero-order chi connectivity index (χ0) is 13.0. The molecule has 2 N–H and O–H groups in total. The highest BCUT2D eigenvalue weighted by molar-refractivity contribution is 8.00. The lowest BCUT2D eigenvalue weighted by Gasteiger charge is -2.26. The summed E-state index contributed by atoms with van der Waals surface area (Å²) in [4.78, 5) is 0. The third-order valence-electron chi connectivity index (χ3n) is 2.95. The molecule has 1 aliphatic heterocycles. The maximum Gasteiger partial charge on any atom is 0.161 e. The van der Waals surface area contributed by atoms with Crippen molar-refractivity contribution < 1.29 is 14.2 Å². The van der Waals surface area contributed by atoms with Crippen LogP contribution in [0.2, 0.25) is 0 Å². The maximum absolute atomic E-state index is 6.18. The van der Waals surface area contributed by atoms with Crippen LogP contribution in [0.3, 0.4) is 0 Å². The summed E-state index contributed by atoms with van der Waals surface area (Å²) in [5, 5.41) is 0.608. The Morgan fingerprint density at radius 2 is 2.06 bits per heavy atom. The fourth-order valence-corrected chi connectivity index (χ4v) is 2.79. The highest BCUT2D eigenvalue weighted by Crippen LogP contribution is 2.31. The normalized spacial score (nSPS) is 17.1. The number of thioether (sulfide) groups is 1. The Balaban J connectivity index is 1.97. The first-order chi connectivity index (χ1) is 8.74. The molecule has 0 radical (unpaired) electrons. The summed E-state index contributed by atoms with van der Waals surface area (Å²) >= 11 is 1.87. The molecular weight excluding hydrogens is 250 g/mol. The van der Waals surface area contributed by atoms with Crippen LogP contribution in [0.15, 0.2) is 18.2 Å². The van der Waals surface area contributed by atoms with Gasteiger partial charge in [0, 0.05) is 11.8 Å². The predicted octanol–water partition coefficient (Wildman–Crippen LogP) is 1.84. The molecule has 5 heteroatoms. The minimum Gasteiger partial charge on any atom is -0.493 e. The SMILES string of the molecule is COc1ccc(C(N)CSC2COC2)cc1OC. The van der Waals surface area contributed by atoms with Crippen LogP contribution in [0.1, 0.15) is 11.6 Å². The molecule has 1 aromatic carbocycles. The van der Waals surface area contributed by atoms with Gasteiger partial charge < -0.3 is 19.9 Å². The molecule has 0 saturated carbocycles. The van der Waals surface area contributed by atoms with Crippen molar-refractivity contribution >= 4 is 11.8 Å². The second-order valence-electron chi connectivity index (χ2n) is 4.21. The summed E-state index contributed by atoms with van der Waals surface area (Å²) in [7, 11) is 3.26. The van der Waals surface area contributed by atoms with Gasteiger partial charge in [-0.2, -0.15) is 11.8 Å². The van der Waals surface area contributed by atoms with E-state index in [9.17, 15) is 0 Å². The Kier molecular flexibility index (Phi) is 4.74. The van der Waals surface area contributed by atoms with Gasteiger partial charge in [0.2, 0.25) is 0 Å². The number of nitrogens with two attached hydrogens (primary N) is 1. The van der Waals surface area contributed by atoms with Crippen molar-refractivity contribution in [3.8, 4) is 11.5 Å². The molecule has 18 heavy (non-hydrogen) atoms. The van der Waals surface area contributed by atoms with E-state index >= 15 is 0 Å². The maximum atomic E-state index is 6.18. The number of rotatable bonds is 6. The number of methoxy groups -OCH3 is 2. The van der Waals surface area contributed by atoms with Crippen molar-refractivity contribution in [2.45, 2.75) is 11.3 Å². The average Bonchev–Trinajstić information content (AvgIpc) is 2.35. The summed E-state index contributed by atoms with van der Waals surface area (Å²) in [5.41, 5.74) is 7.25. The summed E-state index contributed by atoms with van der Waals surface area (Å²) < 4.78 is 15.6. The van der Waals surface area contributed by atoms with E-state index in [1.54, 1.807) is 14.2 Å². The number of hydrogen-bond acceptors (Lipinski definition) is 5. The van der Waals surface area contributed by atoms with E-state index in [2.05, 4.69) is 0 Å². The molecule has 4 nitrogen and oxygen atoms in total. The molecule has 1 saturated heterocycles. The second-order valence-corrected chi connectivity index (χ2v) is 5.55. The minimum absolute atomic E-state index is 0.00964. The summed E-state index contributed by atoms with van der Waals surface area (Å²) in [5.74, 6) is 2.35. The Hall–Kier alpha value is -0.910. The smallest absolute Gasteiger partial charge is 0.161 e. The molecule has 0 spiro atoms. The number of benzene rings is 1. The standard InChI is InChI=1S/C13H19NO3S/c1-15-12-4-3-9(5-13(12)16-2)11(14)8-18-10-6-17-7-10/h3-5,10-11H,6-8,14H2,1-2H3. The molecule has 1 aromatic rings. The zero-order valence-electron chi connectivity index (χ0n) is 10.7. The van der Waals surface area contributed by atoms with E-state index in [1.165, 1.54) is 0 Å². The molecule has 0 bridgehead atoms. The Morgan fingerprint density at radius 3 is 2.61 bits per heavy atom. The van der Waals surface area contributed by atoms with Gasteiger partial charge >= 0.3 is 0 Å². The molecule has 100 valence electrons. The van der Waals surface area contributed by atoms with Gasteiger partial charge in [-0.15, -0.1) is 0 Å². The van der Waals surface area contributed by atoms with Crippen LogP contribution in [0.4, 0.5) is 0 Å². The quantitative estimate of drug-likeness (QED) is 0.854. The fourth-order valence-electron chi connectivity index (χ4n) is 1.73. The lowest BCUT2D eigenvalue weighted by molar-refractivity contribution is 0.0455. The van der Waals surface area contributed by atoms with Crippen LogP contribution in [0, 0.1) is 0 Å². The van der Waals surface area contributed by atoms with Crippen LogP contribution in [0.5, 0.6) is 11.5 Å². The first-order valence-electron chi connectivity index (χ1n) is 5.91. The topological polar surface area (TPSA) is 53.7 Å². The van der Waals surface area contributed by atoms with Gasteiger partial charge in [-0.1, -0.05) is 6.07 Å². The molecule has 1 unspecified atom stereocenters. The van der Waals surface area contributed by atoms with Gasteiger partial charge in [0.1, 0.15) is 0 Å². The number of ether oxygens (including phenoxy) is 3. The molecular formula is C13H19NO3S. The van der Waals surface area contributed by atoms with Crippen LogP contribution < -0.4 is 15.2 Å². The van der Waals surface area contributed by atoms with Crippen molar-refractivity contribution in [1.82, 2.24) is 0 Å². The highest BCUT2D eigenvalue weighted by atomic mass is 32.2. The van der Waals surface area contributed by atoms with Gasteiger partial charge in [0.25, 0.3) is 0 Å². The first kappa shape index (κ1) is 13.5. The van der Waals surface area contributed by atoms with Gasteiger partial charge in [0.05, 0.1) is 32.7 Å². The monoisotopic (exact) mass is 269 g/mol. The van der Waals surface area contributed by atoms with Crippen molar-refractivity contribution in [3.05, 3.63) is 23.8 Å². The zero-order valence-corrected chi connectivity index (χ0v) is 11.5. The van der Waals surface area contributed by atoms with Gasteiger partial charge in [-0.3, -0.25) is 0 Å². The van der Waals surface area contributed by atoms with E-state index in [4.69, 9.17) is 19.9 Å². The van der Waals surface area contributed by atoms with Crippen molar-refractivity contribution in [2.24, 2.45) is 5.73 Å². The molecule has 0 aromatic heterocycles. The van der Waals surface area contributed by atoms with Crippen LogP contribution in [0.25, 0.3) is 0 Å². The molecule has 0 aliphatic carbocycles. The fraction of sp³-hybridized carbons (Fsp3) is 0.538. The van der Waals surface area contributed by atoms with Gasteiger partial charge in [-0.25, -0.2) is 0 Å². The van der Waals surface area contributed by atoms with Gasteiger partial charge in [0.15, 0.2) is 11.5 Å². The lowest BCUT2D eigenvalue weighted by Crippen LogP contribution is -2.31. The Morgan fingerprint density at radius 1 is 1.33 bits per heavy atom. The largest absolute Gasteiger partial charge is 0.493 e. The van der Waals surface area contributed by atoms with E-state index in [1.807, 2.05) is 30.0 Å². The summed E-state index contributed by atoms with van der Waals surface area (Å²) in [6, 6.07) is 5.84. The molecule has 2 rings (SSSR count). The molecule has 1 heterocycles. The minimum atomic E-state index is 0.00964. The molecule has 1 atom stereocenters. The van der Waals surface area contributed by atoms with Crippen LogP contribution in [-0.4, -0.2) is 38.4 Å². The van der Waals surface area contributed by atoms with Crippen LogP contribution in [-0.2, 0) is 4.74 Å². The van der Waals surface area contributed by atoms with E-state index in [-0.39, 0.29) is 6.04 Å². The van der Waals surface area contributed by atoms with Gasteiger partial charge in [-0.05, 0) is 17.7 Å². The summed E-state index contributed by atoms with van der Waals surface area (Å²) in [6.45, 7) is 1.70. The Bertz CT molecular complexity index is 396. The first-order valence-corrected chi connectivity index (χ1v) is 6.96. The third-order valence-corrected chi connectivity index (χ3v) is 4.25. The van der Waals surface area contributed by atoms with E-state index in [0.29, 0.717) is 5.25 Å². The average molecular weight is 269 g/mol. The lowest BCUT2D eigenvalue weighted by atomic mass is 10.1.